The number of hydrogen-bond acceptors (Lipinski definition) is 8. The molecule has 0 aliphatic heterocycles. The molecule has 184 valence electrons. The van der Waals surface area contributed by atoms with Crippen LogP contribution in [-0.2, 0) is 28.5 Å². The van der Waals surface area contributed by atoms with Gasteiger partial charge in [0.25, 0.3) is 0 Å². The number of amides is 2. The minimum atomic E-state index is -0.484. The third kappa shape index (κ3) is 25.1. The molecule has 0 aliphatic rings. The summed E-state index contributed by atoms with van der Waals surface area (Å²) in [5.41, 5.74) is -0.484. The van der Waals surface area contributed by atoms with Gasteiger partial charge in [-0.25, -0.2) is 4.79 Å². The zero-order valence-electron chi connectivity index (χ0n) is 19.4. The fraction of sp³-hybridized carbons (Fsp3) is 0.905. The quantitative estimate of drug-likeness (QED) is 0.187. The van der Waals surface area contributed by atoms with Crippen LogP contribution in [0.5, 0.6) is 0 Å². The van der Waals surface area contributed by atoms with Gasteiger partial charge in [-0.1, -0.05) is 0 Å². The summed E-state index contributed by atoms with van der Waals surface area (Å²) in [5.74, 6) is 0.683. The molecule has 0 fully saturated rings. The summed E-state index contributed by atoms with van der Waals surface area (Å²) in [4.78, 5) is 23.2. The van der Waals surface area contributed by atoms with Crippen molar-refractivity contribution in [3.63, 3.8) is 0 Å². The number of thiol groups is 1. The van der Waals surface area contributed by atoms with Crippen LogP contribution >= 0.6 is 12.6 Å². The van der Waals surface area contributed by atoms with E-state index in [4.69, 9.17) is 23.7 Å². The van der Waals surface area contributed by atoms with E-state index in [0.29, 0.717) is 78.1 Å². The highest BCUT2D eigenvalue weighted by Gasteiger charge is 2.15. The number of nitrogens with one attached hydrogen (secondary N) is 2. The Labute approximate surface area is 192 Å². The molecule has 2 N–H and O–H groups in total. The second-order valence-corrected chi connectivity index (χ2v) is 8.21. The van der Waals surface area contributed by atoms with Crippen molar-refractivity contribution in [2.45, 2.75) is 52.1 Å². The summed E-state index contributed by atoms with van der Waals surface area (Å²) in [6.07, 6.45) is 2.55. The lowest BCUT2D eigenvalue weighted by Gasteiger charge is -2.19. The highest BCUT2D eigenvalue weighted by atomic mass is 32.1. The molecule has 0 aromatic rings. The lowest BCUT2D eigenvalue weighted by Crippen LogP contribution is -2.33. The molecule has 10 heteroatoms. The van der Waals surface area contributed by atoms with E-state index in [-0.39, 0.29) is 5.91 Å². The lowest BCUT2D eigenvalue weighted by atomic mass is 10.2. The number of alkyl carbamates (subject to hydrolysis) is 1. The van der Waals surface area contributed by atoms with Crippen LogP contribution in [0.25, 0.3) is 0 Å². The van der Waals surface area contributed by atoms with E-state index in [0.717, 1.165) is 19.3 Å². The molecular weight excluding hydrogens is 424 g/mol. The molecule has 0 atom stereocenters. The predicted octanol–water partition coefficient (Wildman–Crippen LogP) is 2.18. The van der Waals surface area contributed by atoms with Crippen molar-refractivity contribution in [1.29, 1.82) is 0 Å². The molecule has 0 unspecified atom stereocenters. The minimum absolute atomic E-state index is 0.0265. The molecule has 31 heavy (non-hydrogen) atoms. The third-order valence-corrected chi connectivity index (χ3v) is 3.85. The van der Waals surface area contributed by atoms with Crippen LogP contribution in [-0.4, -0.2) is 89.3 Å². The molecule has 0 rings (SSSR count). The highest BCUT2D eigenvalue weighted by Crippen LogP contribution is 2.06. The predicted molar refractivity (Wildman–Crippen MR) is 123 cm³/mol. The Kier molecular flexibility index (Phi) is 20.1. The van der Waals surface area contributed by atoms with E-state index in [1.807, 2.05) is 20.8 Å². The Morgan fingerprint density at radius 2 is 1.19 bits per heavy atom. The average Bonchev–Trinajstić information content (AvgIpc) is 2.69. The third-order valence-electron chi connectivity index (χ3n) is 3.67. The van der Waals surface area contributed by atoms with Gasteiger partial charge < -0.3 is 34.3 Å². The summed E-state index contributed by atoms with van der Waals surface area (Å²) >= 11 is 4.05. The molecule has 0 radical (unpaired) electrons. The van der Waals surface area contributed by atoms with Crippen molar-refractivity contribution in [1.82, 2.24) is 10.6 Å². The van der Waals surface area contributed by atoms with Crippen LogP contribution in [0.1, 0.15) is 46.5 Å². The van der Waals surface area contributed by atoms with Gasteiger partial charge in [-0.05, 0) is 40.0 Å². The number of ether oxygens (including phenoxy) is 5. The molecule has 0 aliphatic carbocycles. The number of hydrogen-bond donors (Lipinski definition) is 3. The van der Waals surface area contributed by atoms with Gasteiger partial charge in [-0.3, -0.25) is 4.79 Å². The lowest BCUT2D eigenvalue weighted by molar-refractivity contribution is -0.122. The van der Waals surface area contributed by atoms with E-state index < -0.39 is 11.7 Å². The van der Waals surface area contributed by atoms with E-state index >= 15 is 0 Å². The molecule has 0 heterocycles. The average molecular weight is 467 g/mol. The molecule has 0 spiro atoms. The van der Waals surface area contributed by atoms with Crippen molar-refractivity contribution >= 4 is 24.6 Å². The second kappa shape index (κ2) is 20.8. The number of unbranched alkanes of at least 4 members (excludes halogenated alkanes) is 2. The van der Waals surface area contributed by atoms with Gasteiger partial charge in [-0.15, -0.1) is 0 Å². The number of carbonyl (C=O) groups is 2. The molecule has 0 aromatic heterocycles. The molecule has 0 aromatic carbocycles. The Morgan fingerprint density at radius 3 is 1.71 bits per heavy atom. The molecule has 0 saturated carbocycles. The molecule has 2 amide bonds. The van der Waals surface area contributed by atoms with Crippen molar-refractivity contribution in [2.24, 2.45) is 0 Å². The molecule has 0 saturated heterocycles. The SMILES string of the molecule is CC(C)(C)OC(=O)NCCCCCNC(=O)CCOCCOCCOCCOCCS. The van der Waals surface area contributed by atoms with E-state index in [2.05, 4.69) is 23.3 Å². The fourth-order valence-electron chi connectivity index (χ4n) is 2.24. The van der Waals surface area contributed by atoms with Gasteiger partial charge in [-0.2, -0.15) is 12.6 Å². The summed E-state index contributed by atoms with van der Waals surface area (Å²) < 4.78 is 26.5. The summed E-state index contributed by atoms with van der Waals surface area (Å²) in [7, 11) is 0. The number of rotatable bonds is 20. The zero-order chi connectivity index (χ0) is 23.2. The standard InChI is InChI=1S/C21H42N2O7S/c1-21(2,3)30-20(25)23-9-6-4-5-8-22-19(24)7-10-26-11-12-27-13-14-28-15-16-29-17-18-31/h31H,4-18H2,1-3H3,(H,22,24)(H,23,25). The van der Waals surface area contributed by atoms with E-state index in [1.165, 1.54) is 0 Å². The summed E-state index contributed by atoms with van der Waals surface area (Å²) in [6.45, 7) is 10.7. The van der Waals surface area contributed by atoms with E-state index in [9.17, 15) is 9.59 Å². The largest absolute Gasteiger partial charge is 0.444 e. The summed E-state index contributed by atoms with van der Waals surface area (Å²) in [5, 5.41) is 5.58. The zero-order valence-corrected chi connectivity index (χ0v) is 20.3. The topological polar surface area (TPSA) is 104 Å². The maximum atomic E-state index is 11.7. The van der Waals surface area contributed by atoms with Crippen LogP contribution in [0, 0.1) is 0 Å². The van der Waals surface area contributed by atoms with Gasteiger partial charge in [0.05, 0.1) is 52.9 Å². The van der Waals surface area contributed by atoms with Crippen LogP contribution in [0.2, 0.25) is 0 Å². The van der Waals surface area contributed by atoms with Crippen molar-refractivity contribution in [2.75, 3.05) is 71.7 Å². The minimum Gasteiger partial charge on any atom is -0.444 e. The maximum Gasteiger partial charge on any atom is 0.407 e. The Hall–Kier alpha value is -1.07. The van der Waals surface area contributed by atoms with Gasteiger partial charge in [0.1, 0.15) is 5.60 Å². The monoisotopic (exact) mass is 466 g/mol. The molecule has 0 bridgehead atoms. The van der Waals surface area contributed by atoms with Crippen molar-refractivity contribution < 1.29 is 33.3 Å². The fourth-order valence-corrected chi connectivity index (χ4v) is 2.37. The smallest absolute Gasteiger partial charge is 0.407 e. The first-order valence-corrected chi connectivity index (χ1v) is 11.6. The van der Waals surface area contributed by atoms with Gasteiger partial charge in [0, 0.05) is 25.3 Å². The van der Waals surface area contributed by atoms with Crippen LogP contribution in [0.15, 0.2) is 0 Å². The maximum absolute atomic E-state index is 11.7. The summed E-state index contributed by atoms with van der Waals surface area (Å²) in [6, 6.07) is 0. The first-order valence-electron chi connectivity index (χ1n) is 11.0. The Bertz CT molecular complexity index is 448. The highest BCUT2D eigenvalue weighted by molar-refractivity contribution is 7.80. The first-order chi connectivity index (χ1) is 14.8. The van der Waals surface area contributed by atoms with Gasteiger partial charge in [0.15, 0.2) is 0 Å². The van der Waals surface area contributed by atoms with Crippen LogP contribution in [0.3, 0.4) is 0 Å². The van der Waals surface area contributed by atoms with Crippen LogP contribution in [0.4, 0.5) is 4.79 Å². The normalized spacial score (nSPS) is 11.4. The first kappa shape index (κ1) is 29.9. The van der Waals surface area contributed by atoms with E-state index in [1.54, 1.807) is 0 Å². The number of carbonyl (C=O) groups excluding carboxylic acids is 2. The van der Waals surface area contributed by atoms with Crippen molar-refractivity contribution in [3.05, 3.63) is 0 Å². The Morgan fingerprint density at radius 1 is 0.710 bits per heavy atom. The van der Waals surface area contributed by atoms with Gasteiger partial charge >= 0.3 is 6.09 Å². The second-order valence-electron chi connectivity index (χ2n) is 7.76. The molecular formula is C21H42N2O7S. The van der Waals surface area contributed by atoms with Crippen molar-refractivity contribution in [3.8, 4) is 0 Å². The Balaban J connectivity index is 3.27. The van der Waals surface area contributed by atoms with Gasteiger partial charge in [0.2, 0.25) is 5.91 Å². The van der Waals surface area contributed by atoms with Crippen LogP contribution < -0.4 is 10.6 Å². The molecule has 9 nitrogen and oxygen atoms in total.